The molecular formula is C14H14ClN3OS. The molecule has 20 heavy (non-hydrogen) atoms. The predicted molar refractivity (Wildman–Crippen MR) is 83.2 cm³/mol. The molecule has 1 aromatic carbocycles. The topological polar surface area (TPSA) is 71.5 Å². The lowest BCUT2D eigenvalue weighted by Gasteiger charge is -2.04. The van der Waals surface area contributed by atoms with Gasteiger partial charge in [-0.1, -0.05) is 28.9 Å². The molecule has 0 radical (unpaired) electrons. The zero-order valence-corrected chi connectivity index (χ0v) is 12.2. The summed E-state index contributed by atoms with van der Waals surface area (Å²) in [6, 6.07) is 11.6. The Labute approximate surface area is 126 Å². The van der Waals surface area contributed by atoms with Crippen molar-refractivity contribution < 1.29 is 5.21 Å². The fourth-order valence-electron chi connectivity index (χ4n) is 1.62. The molecule has 1 heterocycles. The lowest BCUT2D eigenvalue weighted by Crippen LogP contribution is -2.15. The maximum atomic E-state index is 8.63. The first-order valence-corrected chi connectivity index (χ1v) is 7.47. The van der Waals surface area contributed by atoms with Crippen LogP contribution in [0.4, 0.5) is 0 Å². The standard InChI is InChI=1S/C14H14ClN3OS/c15-12-3-1-10(2-4-12)8-20-9-11-5-6-17-13(7-11)14(16)18-19/h1-7,19H,8-9H2,(H2,16,18). The van der Waals surface area contributed by atoms with Crippen LogP contribution in [-0.4, -0.2) is 16.0 Å². The number of hydrogen-bond donors (Lipinski definition) is 2. The third-order valence-corrected chi connectivity index (χ3v) is 3.97. The van der Waals surface area contributed by atoms with Crippen LogP contribution in [0.25, 0.3) is 0 Å². The van der Waals surface area contributed by atoms with E-state index in [1.54, 1.807) is 18.0 Å². The number of nitrogens with zero attached hydrogens (tertiary/aromatic N) is 2. The fourth-order valence-corrected chi connectivity index (χ4v) is 2.69. The minimum absolute atomic E-state index is 0.0227. The smallest absolute Gasteiger partial charge is 0.188 e. The number of benzene rings is 1. The van der Waals surface area contributed by atoms with Crippen molar-refractivity contribution in [3.8, 4) is 0 Å². The van der Waals surface area contributed by atoms with Crippen molar-refractivity contribution in [2.75, 3.05) is 0 Å². The first-order chi connectivity index (χ1) is 9.69. The minimum Gasteiger partial charge on any atom is -0.409 e. The number of rotatable bonds is 5. The highest BCUT2D eigenvalue weighted by Crippen LogP contribution is 2.19. The van der Waals surface area contributed by atoms with E-state index in [1.165, 1.54) is 5.56 Å². The molecule has 2 aromatic rings. The van der Waals surface area contributed by atoms with Crippen molar-refractivity contribution >= 4 is 29.2 Å². The van der Waals surface area contributed by atoms with E-state index in [0.29, 0.717) is 5.69 Å². The third kappa shape index (κ3) is 4.15. The Balaban J connectivity index is 1.92. The van der Waals surface area contributed by atoms with Crippen LogP contribution in [0.1, 0.15) is 16.8 Å². The van der Waals surface area contributed by atoms with Crippen LogP contribution in [0.5, 0.6) is 0 Å². The number of aromatic nitrogens is 1. The maximum absolute atomic E-state index is 8.63. The van der Waals surface area contributed by atoms with E-state index in [9.17, 15) is 0 Å². The van der Waals surface area contributed by atoms with Crippen molar-refractivity contribution in [3.63, 3.8) is 0 Å². The monoisotopic (exact) mass is 307 g/mol. The van der Waals surface area contributed by atoms with Gasteiger partial charge in [0.1, 0.15) is 5.69 Å². The van der Waals surface area contributed by atoms with Gasteiger partial charge in [-0.05, 0) is 35.4 Å². The van der Waals surface area contributed by atoms with E-state index >= 15 is 0 Å². The second-order valence-electron chi connectivity index (χ2n) is 4.15. The molecule has 3 N–H and O–H groups in total. The van der Waals surface area contributed by atoms with E-state index in [4.69, 9.17) is 22.5 Å². The molecule has 0 fully saturated rings. The van der Waals surface area contributed by atoms with Crippen LogP contribution >= 0.6 is 23.4 Å². The number of nitrogens with two attached hydrogens (primary N) is 1. The molecule has 0 spiro atoms. The lowest BCUT2D eigenvalue weighted by molar-refractivity contribution is 0.318. The van der Waals surface area contributed by atoms with Crippen LogP contribution in [-0.2, 0) is 11.5 Å². The molecule has 0 aliphatic rings. The summed E-state index contributed by atoms with van der Waals surface area (Å²) in [7, 11) is 0. The summed E-state index contributed by atoms with van der Waals surface area (Å²) in [6.07, 6.45) is 1.66. The van der Waals surface area contributed by atoms with Crippen molar-refractivity contribution in [2.24, 2.45) is 10.9 Å². The van der Waals surface area contributed by atoms with Crippen LogP contribution in [0, 0.1) is 0 Å². The van der Waals surface area contributed by atoms with Crippen molar-refractivity contribution in [2.45, 2.75) is 11.5 Å². The summed E-state index contributed by atoms with van der Waals surface area (Å²) >= 11 is 7.62. The van der Waals surface area contributed by atoms with Crippen LogP contribution in [0.3, 0.4) is 0 Å². The Morgan fingerprint density at radius 3 is 2.60 bits per heavy atom. The second-order valence-corrected chi connectivity index (χ2v) is 5.58. The van der Waals surface area contributed by atoms with Gasteiger partial charge in [-0.2, -0.15) is 11.8 Å². The largest absolute Gasteiger partial charge is 0.409 e. The molecule has 0 saturated carbocycles. The Kier molecular flexibility index (Phi) is 5.26. The minimum atomic E-state index is 0.0227. The van der Waals surface area contributed by atoms with Gasteiger partial charge in [-0.25, -0.2) is 0 Å². The number of pyridine rings is 1. The normalized spacial score (nSPS) is 11.6. The number of halogens is 1. The molecule has 0 amide bonds. The van der Waals surface area contributed by atoms with E-state index < -0.39 is 0 Å². The Hall–Kier alpha value is -1.72. The molecule has 0 saturated heterocycles. The summed E-state index contributed by atoms with van der Waals surface area (Å²) in [4.78, 5) is 4.05. The molecule has 0 aliphatic carbocycles. The van der Waals surface area contributed by atoms with E-state index in [-0.39, 0.29) is 5.84 Å². The van der Waals surface area contributed by atoms with Crippen molar-refractivity contribution in [1.29, 1.82) is 0 Å². The summed E-state index contributed by atoms with van der Waals surface area (Å²) < 4.78 is 0. The summed E-state index contributed by atoms with van der Waals surface area (Å²) in [5, 5.41) is 12.3. The summed E-state index contributed by atoms with van der Waals surface area (Å²) in [5.41, 5.74) is 8.31. The molecule has 104 valence electrons. The SMILES string of the molecule is N/C(=N/O)c1cc(CSCc2ccc(Cl)cc2)ccn1. The first kappa shape index (κ1) is 14.7. The molecular weight excluding hydrogens is 294 g/mol. The highest BCUT2D eigenvalue weighted by Gasteiger charge is 2.02. The Bertz CT molecular complexity index is 602. The van der Waals surface area contributed by atoms with Crippen molar-refractivity contribution in [3.05, 3.63) is 64.4 Å². The van der Waals surface area contributed by atoms with Crippen molar-refractivity contribution in [1.82, 2.24) is 4.98 Å². The van der Waals surface area contributed by atoms with E-state index in [1.807, 2.05) is 36.4 Å². The maximum Gasteiger partial charge on any atom is 0.188 e. The van der Waals surface area contributed by atoms with Crippen LogP contribution < -0.4 is 5.73 Å². The predicted octanol–water partition coefficient (Wildman–Crippen LogP) is 3.26. The molecule has 0 unspecified atom stereocenters. The number of amidine groups is 1. The number of oxime groups is 1. The summed E-state index contributed by atoms with van der Waals surface area (Å²) in [6.45, 7) is 0. The van der Waals surface area contributed by atoms with E-state index in [0.717, 1.165) is 22.1 Å². The summed E-state index contributed by atoms with van der Waals surface area (Å²) in [5.74, 6) is 1.75. The zero-order valence-electron chi connectivity index (χ0n) is 10.7. The van der Waals surface area contributed by atoms with Gasteiger partial charge in [-0.3, -0.25) is 4.98 Å². The van der Waals surface area contributed by atoms with Gasteiger partial charge in [0, 0.05) is 22.7 Å². The Morgan fingerprint density at radius 2 is 1.90 bits per heavy atom. The molecule has 0 bridgehead atoms. The van der Waals surface area contributed by atoms with Gasteiger partial charge in [0.25, 0.3) is 0 Å². The van der Waals surface area contributed by atoms with Gasteiger partial charge in [0.05, 0.1) is 0 Å². The highest BCUT2D eigenvalue weighted by atomic mass is 35.5. The zero-order chi connectivity index (χ0) is 14.4. The van der Waals surface area contributed by atoms with Gasteiger partial charge in [0.2, 0.25) is 0 Å². The fraction of sp³-hybridized carbons (Fsp3) is 0.143. The first-order valence-electron chi connectivity index (χ1n) is 5.94. The molecule has 4 nitrogen and oxygen atoms in total. The average molecular weight is 308 g/mol. The average Bonchev–Trinajstić information content (AvgIpc) is 2.49. The molecule has 6 heteroatoms. The van der Waals surface area contributed by atoms with Gasteiger partial charge >= 0.3 is 0 Å². The van der Waals surface area contributed by atoms with Gasteiger partial charge in [-0.15, -0.1) is 0 Å². The highest BCUT2D eigenvalue weighted by molar-refractivity contribution is 7.97. The Morgan fingerprint density at radius 1 is 1.20 bits per heavy atom. The second kappa shape index (κ2) is 7.17. The van der Waals surface area contributed by atoms with Crippen LogP contribution in [0.2, 0.25) is 5.02 Å². The van der Waals surface area contributed by atoms with E-state index in [2.05, 4.69) is 10.1 Å². The molecule has 1 aromatic heterocycles. The number of hydrogen-bond acceptors (Lipinski definition) is 4. The third-order valence-electron chi connectivity index (χ3n) is 2.65. The molecule has 0 aliphatic heterocycles. The van der Waals surface area contributed by atoms with Gasteiger partial charge in [0.15, 0.2) is 5.84 Å². The molecule has 0 atom stereocenters. The molecule has 2 rings (SSSR count). The quantitative estimate of drug-likeness (QED) is 0.385. The number of thioether (sulfide) groups is 1. The van der Waals surface area contributed by atoms with Gasteiger partial charge < -0.3 is 10.9 Å². The van der Waals surface area contributed by atoms with Crippen LogP contribution in [0.15, 0.2) is 47.8 Å². The lowest BCUT2D eigenvalue weighted by atomic mass is 10.2.